The molecule has 0 saturated carbocycles. The van der Waals surface area contributed by atoms with Crippen molar-refractivity contribution in [1.82, 2.24) is 0 Å². The number of aliphatic hydroxyl groups excluding tert-OH is 1. The van der Waals surface area contributed by atoms with E-state index in [0.717, 1.165) is 12.3 Å². The number of hydrogen-bond acceptors (Lipinski definition) is 4. The molecular weight excluding hydrogens is 247 g/mol. The number of halogens is 1. The number of rotatable bonds is 3. The molecule has 96 valence electrons. The van der Waals surface area contributed by atoms with Crippen LogP contribution in [0.15, 0.2) is 17.0 Å². The first-order chi connectivity index (χ1) is 7.61. The fourth-order valence-corrected chi connectivity index (χ4v) is 2.20. The Balaban J connectivity index is 3.51. The van der Waals surface area contributed by atoms with Gasteiger partial charge in [-0.05, 0) is 6.07 Å². The van der Waals surface area contributed by atoms with Crippen LogP contribution in [0, 0.1) is 5.82 Å². The van der Waals surface area contributed by atoms with Gasteiger partial charge in [0, 0.05) is 17.2 Å². The molecule has 0 aromatic heterocycles. The third-order valence-electron chi connectivity index (χ3n) is 2.60. The van der Waals surface area contributed by atoms with E-state index in [1.54, 1.807) is 13.8 Å². The first kappa shape index (κ1) is 13.9. The van der Waals surface area contributed by atoms with Crippen LogP contribution in [0.3, 0.4) is 0 Å². The topological polar surface area (TPSA) is 74.6 Å². The molecule has 2 N–H and O–H groups in total. The summed E-state index contributed by atoms with van der Waals surface area (Å²) in [4.78, 5) is -0.549. The van der Waals surface area contributed by atoms with Gasteiger partial charge < -0.3 is 10.2 Å². The minimum atomic E-state index is -3.72. The van der Waals surface area contributed by atoms with Gasteiger partial charge in [-0.25, -0.2) is 12.8 Å². The van der Waals surface area contributed by atoms with Crippen molar-refractivity contribution < 1.29 is 23.0 Å². The SMILES string of the molecule is CC(C)(CO)c1ccc(S(C)(=O)=O)c(F)c1O. The third kappa shape index (κ3) is 2.58. The van der Waals surface area contributed by atoms with Crippen LogP contribution in [-0.2, 0) is 15.3 Å². The van der Waals surface area contributed by atoms with Gasteiger partial charge in [0.25, 0.3) is 0 Å². The van der Waals surface area contributed by atoms with Gasteiger partial charge in [0.05, 0.1) is 6.61 Å². The van der Waals surface area contributed by atoms with Crippen molar-refractivity contribution in [2.45, 2.75) is 24.2 Å². The van der Waals surface area contributed by atoms with Gasteiger partial charge in [0.15, 0.2) is 21.4 Å². The maximum atomic E-state index is 13.7. The number of hydrogen-bond donors (Lipinski definition) is 2. The predicted octanol–water partition coefficient (Wildman–Crippen LogP) is 1.20. The highest BCUT2D eigenvalue weighted by molar-refractivity contribution is 7.90. The molecule has 1 rings (SSSR count). The molecule has 0 aliphatic heterocycles. The van der Waals surface area contributed by atoms with E-state index in [2.05, 4.69) is 0 Å². The van der Waals surface area contributed by atoms with E-state index in [1.807, 2.05) is 0 Å². The van der Waals surface area contributed by atoms with E-state index in [-0.39, 0.29) is 12.2 Å². The molecule has 4 nitrogen and oxygen atoms in total. The van der Waals surface area contributed by atoms with Crippen molar-refractivity contribution in [3.63, 3.8) is 0 Å². The van der Waals surface area contributed by atoms with Gasteiger partial charge in [0.2, 0.25) is 0 Å². The normalized spacial score (nSPS) is 12.8. The van der Waals surface area contributed by atoms with Crippen LogP contribution in [0.4, 0.5) is 4.39 Å². The average Bonchev–Trinajstić information content (AvgIpc) is 2.19. The lowest BCUT2D eigenvalue weighted by Gasteiger charge is -2.23. The van der Waals surface area contributed by atoms with Crippen molar-refractivity contribution in [3.05, 3.63) is 23.5 Å². The Labute approximate surface area is 99.6 Å². The average molecular weight is 262 g/mol. The number of sulfone groups is 1. The predicted molar refractivity (Wildman–Crippen MR) is 61.3 cm³/mol. The molecule has 0 bridgehead atoms. The van der Waals surface area contributed by atoms with E-state index in [4.69, 9.17) is 5.11 Å². The highest BCUT2D eigenvalue weighted by atomic mass is 32.2. The molecule has 0 fully saturated rings. The minimum Gasteiger partial charge on any atom is -0.505 e. The number of phenolic OH excluding ortho intramolecular Hbond substituents is 1. The maximum Gasteiger partial charge on any atom is 0.183 e. The van der Waals surface area contributed by atoms with Crippen LogP contribution in [0.5, 0.6) is 5.75 Å². The van der Waals surface area contributed by atoms with Crippen molar-refractivity contribution in [2.75, 3.05) is 12.9 Å². The molecule has 1 aromatic carbocycles. The summed E-state index contributed by atoms with van der Waals surface area (Å²) in [6, 6.07) is 2.40. The number of aliphatic hydroxyl groups is 1. The van der Waals surface area contributed by atoms with Crippen LogP contribution in [0.2, 0.25) is 0 Å². The Morgan fingerprint density at radius 3 is 2.29 bits per heavy atom. The monoisotopic (exact) mass is 262 g/mol. The van der Waals surface area contributed by atoms with Crippen LogP contribution >= 0.6 is 0 Å². The van der Waals surface area contributed by atoms with Crippen LogP contribution in [0.1, 0.15) is 19.4 Å². The Morgan fingerprint density at radius 1 is 1.35 bits per heavy atom. The Hall–Kier alpha value is -1.14. The van der Waals surface area contributed by atoms with Crippen LogP contribution < -0.4 is 0 Å². The van der Waals surface area contributed by atoms with E-state index in [0.29, 0.717) is 0 Å². The summed E-state index contributed by atoms with van der Waals surface area (Å²) >= 11 is 0. The minimum absolute atomic E-state index is 0.171. The number of aromatic hydroxyl groups is 1. The zero-order valence-electron chi connectivity index (χ0n) is 9.86. The van der Waals surface area contributed by atoms with E-state index >= 15 is 0 Å². The molecule has 0 saturated heterocycles. The van der Waals surface area contributed by atoms with Crippen molar-refractivity contribution in [1.29, 1.82) is 0 Å². The van der Waals surface area contributed by atoms with Crippen LogP contribution in [0.25, 0.3) is 0 Å². The molecule has 0 aliphatic carbocycles. The highest BCUT2D eigenvalue weighted by Gasteiger charge is 2.28. The van der Waals surface area contributed by atoms with Gasteiger partial charge in [-0.1, -0.05) is 19.9 Å². The zero-order chi connectivity index (χ0) is 13.4. The standard InChI is InChI=1S/C11H15FO4S/c1-11(2,6-13)7-4-5-8(17(3,15)16)9(12)10(7)14/h4-5,13-14H,6H2,1-3H3. The second-order valence-corrected chi connectivity index (χ2v) is 6.57. The second kappa shape index (κ2) is 4.27. The fraction of sp³-hybridized carbons (Fsp3) is 0.455. The summed E-state index contributed by atoms with van der Waals surface area (Å²) in [5, 5.41) is 18.8. The first-order valence-electron chi connectivity index (χ1n) is 4.94. The number of benzene rings is 1. The molecule has 0 spiro atoms. The molecule has 6 heteroatoms. The van der Waals surface area contributed by atoms with E-state index in [1.165, 1.54) is 6.07 Å². The lowest BCUT2D eigenvalue weighted by molar-refractivity contribution is 0.214. The Kier molecular flexibility index (Phi) is 3.50. The molecule has 0 unspecified atom stereocenters. The second-order valence-electron chi connectivity index (χ2n) is 4.59. The van der Waals surface area contributed by atoms with E-state index in [9.17, 15) is 17.9 Å². The van der Waals surface area contributed by atoms with Gasteiger partial charge in [-0.15, -0.1) is 0 Å². The third-order valence-corrected chi connectivity index (χ3v) is 3.72. The summed E-state index contributed by atoms with van der Waals surface area (Å²) in [7, 11) is -3.72. The van der Waals surface area contributed by atoms with Gasteiger partial charge in [-0.2, -0.15) is 0 Å². The van der Waals surface area contributed by atoms with Gasteiger partial charge in [0.1, 0.15) is 4.90 Å². The summed E-state index contributed by atoms with van der Waals surface area (Å²) < 4.78 is 36.2. The van der Waals surface area contributed by atoms with E-state index < -0.39 is 31.7 Å². The highest BCUT2D eigenvalue weighted by Crippen LogP contribution is 2.35. The van der Waals surface area contributed by atoms with Crippen molar-refractivity contribution >= 4 is 9.84 Å². The maximum absolute atomic E-state index is 13.7. The van der Waals surface area contributed by atoms with Gasteiger partial charge >= 0.3 is 0 Å². The molecule has 0 amide bonds. The Bertz CT molecular complexity index is 535. The molecule has 0 radical (unpaired) electrons. The van der Waals surface area contributed by atoms with Crippen LogP contribution in [-0.4, -0.2) is 31.5 Å². The van der Waals surface area contributed by atoms with Gasteiger partial charge in [-0.3, -0.25) is 0 Å². The largest absolute Gasteiger partial charge is 0.505 e. The lowest BCUT2D eigenvalue weighted by Crippen LogP contribution is -2.22. The summed E-state index contributed by atoms with van der Waals surface area (Å²) in [6.45, 7) is 2.93. The Morgan fingerprint density at radius 2 is 1.88 bits per heavy atom. The lowest BCUT2D eigenvalue weighted by atomic mass is 9.85. The molecule has 0 heterocycles. The zero-order valence-corrected chi connectivity index (χ0v) is 10.7. The summed E-state index contributed by atoms with van der Waals surface area (Å²) in [5.74, 6) is -1.90. The molecule has 0 atom stereocenters. The summed E-state index contributed by atoms with van der Waals surface area (Å²) in [5.41, 5.74) is -0.675. The molecule has 17 heavy (non-hydrogen) atoms. The molecular formula is C11H15FO4S. The van der Waals surface area contributed by atoms with Crippen molar-refractivity contribution in [3.8, 4) is 5.75 Å². The summed E-state index contributed by atoms with van der Waals surface area (Å²) in [6.07, 6.45) is 0.863. The number of phenols is 1. The first-order valence-corrected chi connectivity index (χ1v) is 6.83. The fourth-order valence-electron chi connectivity index (χ4n) is 1.46. The van der Waals surface area contributed by atoms with Crippen molar-refractivity contribution in [2.24, 2.45) is 0 Å². The smallest absolute Gasteiger partial charge is 0.183 e. The molecule has 0 aliphatic rings. The quantitative estimate of drug-likeness (QED) is 0.858. The molecule has 1 aromatic rings.